The van der Waals surface area contributed by atoms with Crippen molar-refractivity contribution in [1.82, 2.24) is 4.90 Å². The number of hydrogen-bond donors (Lipinski definition) is 1. The van der Waals surface area contributed by atoms with Crippen molar-refractivity contribution >= 4 is 40.9 Å². The second-order valence-electron chi connectivity index (χ2n) is 8.20. The minimum atomic E-state index is -1.04. The van der Waals surface area contributed by atoms with Gasteiger partial charge in [0.05, 0.1) is 23.7 Å². The summed E-state index contributed by atoms with van der Waals surface area (Å²) in [5.74, 6) is -1.29. The van der Waals surface area contributed by atoms with Crippen LogP contribution in [-0.2, 0) is 27.4 Å². The third-order valence-corrected chi connectivity index (χ3v) is 6.42. The van der Waals surface area contributed by atoms with E-state index in [4.69, 9.17) is 19.3 Å². The van der Waals surface area contributed by atoms with Crippen LogP contribution in [0.5, 0.6) is 11.5 Å². The Morgan fingerprint density at radius 2 is 1.82 bits per heavy atom. The molecule has 0 aliphatic carbocycles. The molecule has 1 atom stereocenters. The maximum atomic E-state index is 13.0. The van der Waals surface area contributed by atoms with Crippen molar-refractivity contribution in [1.29, 1.82) is 0 Å². The van der Waals surface area contributed by atoms with E-state index in [1.165, 1.54) is 19.1 Å². The van der Waals surface area contributed by atoms with Crippen molar-refractivity contribution < 1.29 is 38.5 Å². The fraction of sp³-hybridized carbons (Fsp3) is 0.286. The fourth-order valence-electron chi connectivity index (χ4n) is 3.73. The van der Waals surface area contributed by atoms with Gasteiger partial charge in [0, 0.05) is 5.56 Å². The lowest BCUT2D eigenvalue weighted by Crippen LogP contribution is -2.42. The first-order valence-corrected chi connectivity index (χ1v) is 12.8. The smallest absolute Gasteiger partial charge is 0.335 e. The first-order valence-electron chi connectivity index (χ1n) is 12.0. The number of allylic oxidation sites excluding steroid dienone is 1. The summed E-state index contributed by atoms with van der Waals surface area (Å²) in [5.41, 5.74) is 2.31. The lowest BCUT2D eigenvalue weighted by atomic mass is 10.0. The summed E-state index contributed by atoms with van der Waals surface area (Å²) < 4.78 is 16.9. The Morgan fingerprint density at radius 1 is 1.11 bits per heavy atom. The Hall–Kier alpha value is -4.05. The Morgan fingerprint density at radius 3 is 2.42 bits per heavy atom. The fourth-order valence-corrected chi connectivity index (χ4v) is 4.64. The van der Waals surface area contributed by atoms with E-state index < -0.39 is 29.1 Å². The van der Waals surface area contributed by atoms with Gasteiger partial charge in [-0.1, -0.05) is 18.2 Å². The highest BCUT2D eigenvalue weighted by Gasteiger charge is 2.41. The van der Waals surface area contributed by atoms with Crippen molar-refractivity contribution in [2.45, 2.75) is 39.8 Å². The van der Waals surface area contributed by atoms with Crippen LogP contribution in [-0.4, -0.2) is 52.3 Å². The number of amides is 2. The molecule has 0 bridgehead atoms. The van der Waals surface area contributed by atoms with Crippen LogP contribution < -0.4 is 9.47 Å². The Labute approximate surface area is 225 Å². The van der Waals surface area contributed by atoms with Crippen LogP contribution in [0.25, 0.3) is 6.08 Å². The van der Waals surface area contributed by atoms with Gasteiger partial charge in [-0.25, -0.2) is 9.59 Å². The van der Waals surface area contributed by atoms with Crippen LogP contribution in [0.3, 0.4) is 0 Å². The maximum Gasteiger partial charge on any atom is 0.335 e. The largest absolute Gasteiger partial charge is 0.490 e. The van der Waals surface area contributed by atoms with Gasteiger partial charge in [0.15, 0.2) is 11.5 Å². The predicted octanol–water partition coefficient (Wildman–Crippen LogP) is 5.08. The van der Waals surface area contributed by atoms with Gasteiger partial charge in [0.25, 0.3) is 11.1 Å². The normalized spacial score (nSPS) is 14.9. The second-order valence-corrected chi connectivity index (χ2v) is 9.20. The summed E-state index contributed by atoms with van der Waals surface area (Å²) in [4.78, 5) is 49.8. The van der Waals surface area contributed by atoms with Crippen LogP contribution in [0, 0.1) is 0 Å². The van der Waals surface area contributed by atoms with Crippen LogP contribution in [0.2, 0.25) is 0 Å². The average molecular weight is 540 g/mol. The molecule has 0 spiro atoms. The average Bonchev–Trinajstić information content (AvgIpc) is 3.16. The molecule has 1 aliphatic rings. The highest BCUT2D eigenvalue weighted by molar-refractivity contribution is 8.18. The first kappa shape index (κ1) is 28.5. The van der Waals surface area contributed by atoms with E-state index in [2.05, 4.69) is 6.58 Å². The Balaban J connectivity index is 1.91. The summed E-state index contributed by atoms with van der Waals surface area (Å²) in [7, 11) is 0. The number of nitrogens with zero attached hydrogens (tertiary/aromatic N) is 1. The minimum Gasteiger partial charge on any atom is -0.490 e. The van der Waals surface area contributed by atoms with Gasteiger partial charge >= 0.3 is 11.9 Å². The van der Waals surface area contributed by atoms with Gasteiger partial charge in [-0.3, -0.25) is 14.5 Å². The molecule has 1 fully saturated rings. The number of carboxylic acids is 1. The van der Waals surface area contributed by atoms with E-state index in [0.29, 0.717) is 30.1 Å². The minimum absolute atomic E-state index is 0.142. The predicted molar refractivity (Wildman–Crippen MR) is 143 cm³/mol. The molecule has 2 amide bonds. The first-order chi connectivity index (χ1) is 18.2. The van der Waals surface area contributed by atoms with Gasteiger partial charge in [0.1, 0.15) is 12.6 Å². The van der Waals surface area contributed by atoms with Crippen molar-refractivity contribution in [3.63, 3.8) is 0 Å². The maximum absolute atomic E-state index is 13.0. The number of thioether (sulfide) groups is 1. The number of imide groups is 1. The van der Waals surface area contributed by atoms with Gasteiger partial charge in [-0.15, -0.1) is 6.58 Å². The third-order valence-electron chi connectivity index (χ3n) is 5.54. The number of rotatable bonds is 12. The van der Waals surface area contributed by atoms with Crippen LogP contribution in [0.15, 0.2) is 54.0 Å². The van der Waals surface area contributed by atoms with Crippen LogP contribution in [0.1, 0.15) is 47.8 Å². The molecule has 0 radical (unpaired) electrons. The molecular formula is C28H29NO8S. The highest BCUT2D eigenvalue weighted by Crippen LogP contribution is 2.38. The molecule has 10 heteroatoms. The molecule has 2 aromatic carbocycles. The van der Waals surface area contributed by atoms with E-state index in [1.807, 2.05) is 13.0 Å². The number of carbonyl (C=O) groups excluding carboxylic acids is 3. The zero-order valence-corrected chi connectivity index (χ0v) is 22.2. The summed E-state index contributed by atoms with van der Waals surface area (Å²) in [6.07, 6.45) is 3.72. The summed E-state index contributed by atoms with van der Waals surface area (Å²) >= 11 is 0.750. The Bertz CT molecular complexity index is 1270. The molecule has 0 unspecified atom stereocenters. The van der Waals surface area contributed by atoms with E-state index in [1.54, 1.807) is 37.3 Å². The van der Waals surface area contributed by atoms with Crippen molar-refractivity contribution in [2.24, 2.45) is 0 Å². The number of aromatic carboxylic acids is 1. The zero-order valence-electron chi connectivity index (χ0n) is 21.4. The van der Waals surface area contributed by atoms with Gasteiger partial charge < -0.3 is 19.3 Å². The molecule has 1 N–H and O–H groups in total. The number of ether oxygens (including phenoxy) is 3. The number of hydrogen-bond acceptors (Lipinski definition) is 8. The lowest BCUT2D eigenvalue weighted by molar-refractivity contribution is -0.150. The molecule has 1 heterocycles. The quantitative estimate of drug-likeness (QED) is 0.224. The molecule has 0 saturated carbocycles. The monoisotopic (exact) mass is 539 g/mol. The molecule has 1 aliphatic heterocycles. The van der Waals surface area contributed by atoms with E-state index >= 15 is 0 Å². The number of carboxylic acid groups (broad SMARTS) is 1. The van der Waals surface area contributed by atoms with Crippen LogP contribution >= 0.6 is 11.8 Å². The van der Waals surface area contributed by atoms with E-state index in [0.717, 1.165) is 27.8 Å². The molecule has 2 aromatic rings. The SMILES string of the molecule is C=CCc1cc(/C=C2/SC(=O)N([C@H](C)C(=O)OCC)C2=O)cc(OCC)c1OCc1ccc(C(=O)O)cc1. The van der Waals surface area contributed by atoms with Gasteiger partial charge in [-0.05, 0) is 80.4 Å². The number of esters is 1. The third kappa shape index (κ3) is 6.63. The number of carbonyl (C=O) groups is 4. The van der Waals surface area contributed by atoms with Crippen molar-refractivity contribution in [3.05, 3.63) is 76.2 Å². The Kier molecular flexibility index (Phi) is 9.72. The molecule has 9 nitrogen and oxygen atoms in total. The van der Waals surface area contributed by atoms with E-state index in [-0.39, 0.29) is 23.7 Å². The summed E-state index contributed by atoms with van der Waals surface area (Å²) in [6.45, 7) is 9.42. The summed E-state index contributed by atoms with van der Waals surface area (Å²) in [6, 6.07) is 8.86. The molecule has 38 heavy (non-hydrogen) atoms. The standard InChI is InChI=1S/C28H29NO8S/c1-5-8-21-13-19(15-23-25(30)29(28(34)38-23)17(4)27(33)36-7-3)14-22(35-6-2)24(21)37-16-18-9-11-20(12-10-18)26(31)32/h5,9-15,17H,1,6-8,16H2,2-4H3,(H,31,32)/b23-15+/t17-/m1/s1. The van der Waals surface area contributed by atoms with Gasteiger partial charge in [-0.2, -0.15) is 0 Å². The second kappa shape index (κ2) is 13.0. The van der Waals surface area contributed by atoms with Crippen LogP contribution in [0.4, 0.5) is 4.79 Å². The topological polar surface area (TPSA) is 119 Å². The lowest BCUT2D eigenvalue weighted by Gasteiger charge is -2.19. The molecule has 0 aromatic heterocycles. The van der Waals surface area contributed by atoms with Crippen molar-refractivity contribution in [3.8, 4) is 11.5 Å². The van der Waals surface area contributed by atoms with E-state index in [9.17, 15) is 19.2 Å². The molecular weight excluding hydrogens is 510 g/mol. The molecule has 200 valence electrons. The highest BCUT2D eigenvalue weighted by atomic mass is 32.2. The molecule has 1 saturated heterocycles. The number of benzene rings is 2. The van der Waals surface area contributed by atoms with Crippen molar-refractivity contribution in [2.75, 3.05) is 13.2 Å². The zero-order chi connectivity index (χ0) is 27.8. The summed E-state index contributed by atoms with van der Waals surface area (Å²) in [5, 5.41) is 8.55. The molecule has 3 rings (SSSR count). The van der Waals surface area contributed by atoms with Gasteiger partial charge in [0.2, 0.25) is 0 Å².